The van der Waals surface area contributed by atoms with Crippen molar-refractivity contribution in [3.8, 4) is 0 Å². The maximum Gasteiger partial charge on any atom is 0.0405 e. The molecule has 1 heteroatoms. The molecule has 48 valence electrons. The highest BCUT2D eigenvalue weighted by Crippen LogP contribution is 2.03. The molecule has 0 unspecified atom stereocenters. The molecule has 0 nitrogen and oxygen atoms in total. The number of halogens is 1. The summed E-state index contributed by atoms with van der Waals surface area (Å²) in [5, 5.41) is 0.794. The first-order valence-electron chi connectivity index (χ1n) is 2.60. The zero-order valence-electron chi connectivity index (χ0n) is 5.18. The number of hydrogen-bond acceptors (Lipinski definition) is 0. The van der Waals surface area contributed by atoms with Crippen LogP contribution in [0.25, 0.3) is 0 Å². The van der Waals surface area contributed by atoms with Crippen molar-refractivity contribution in [1.82, 2.24) is 0 Å². The fourth-order valence-electron chi connectivity index (χ4n) is 0.415. The average molecular weight is 141 g/mol. The highest BCUT2D eigenvalue weighted by atomic mass is 35.5. The van der Waals surface area contributed by atoms with Crippen LogP contribution in [0.4, 0.5) is 0 Å². The lowest BCUT2D eigenvalue weighted by molar-refractivity contribution is 1.71. The fraction of sp³-hybridized carbons (Fsp3) is 0. The Balaban J connectivity index is 0.000000291. The fourth-order valence-corrected chi connectivity index (χ4v) is 0.560. The lowest BCUT2D eigenvalue weighted by Crippen LogP contribution is -1.55. The van der Waals surface area contributed by atoms with Gasteiger partial charge in [-0.2, -0.15) is 0 Å². The lowest BCUT2D eigenvalue weighted by Gasteiger charge is -1.80. The number of rotatable bonds is 0. The normalized spacial score (nSPS) is 7.22. The summed E-state index contributed by atoms with van der Waals surface area (Å²) in [7, 11) is 0. The Labute approximate surface area is 60.8 Å². The monoisotopic (exact) mass is 140 g/mol. The van der Waals surface area contributed by atoms with Crippen molar-refractivity contribution in [2.45, 2.75) is 0 Å². The van der Waals surface area contributed by atoms with Crippen LogP contribution in [0.3, 0.4) is 0 Å². The van der Waals surface area contributed by atoms with Crippen molar-refractivity contribution in [1.29, 1.82) is 0 Å². The standard InChI is InChI=1S/C6H5Cl.C2H4/c7-6-4-2-1-3-5-6;1-2/h1-5H;1-2H2. The average Bonchev–Trinajstić information content (AvgIpc) is 1.94. The Morgan fingerprint density at radius 1 is 1.00 bits per heavy atom. The topological polar surface area (TPSA) is 0 Å². The van der Waals surface area contributed by atoms with E-state index in [0.29, 0.717) is 0 Å². The Morgan fingerprint density at radius 3 is 1.67 bits per heavy atom. The van der Waals surface area contributed by atoms with E-state index >= 15 is 0 Å². The molecule has 1 aromatic carbocycles. The predicted molar refractivity (Wildman–Crippen MR) is 42.7 cm³/mol. The Kier molecular flexibility index (Phi) is 4.94. The third-order valence-electron chi connectivity index (χ3n) is 0.733. The summed E-state index contributed by atoms with van der Waals surface area (Å²) in [5.74, 6) is 0. The Bertz CT molecular complexity index is 146. The van der Waals surface area contributed by atoms with Gasteiger partial charge in [0.15, 0.2) is 0 Å². The van der Waals surface area contributed by atoms with Crippen LogP contribution in [0.1, 0.15) is 0 Å². The second-order valence-electron chi connectivity index (χ2n) is 1.30. The van der Waals surface area contributed by atoms with Crippen molar-refractivity contribution >= 4 is 11.6 Å². The Hall–Kier alpha value is -0.750. The van der Waals surface area contributed by atoms with E-state index in [-0.39, 0.29) is 0 Å². The van der Waals surface area contributed by atoms with E-state index in [2.05, 4.69) is 13.2 Å². The minimum absolute atomic E-state index is 0.794. The molecular formula is C8H9Cl. The van der Waals surface area contributed by atoms with Crippen molar-refractivity contribution in [2.75, 3.05) is 0 Å². The summed E-state index contributed by atoms with van der Waals surface area (Å²) in [4.78, 5) is 0. The van der Waals surface area contributed by atoms with E-state index in [1.165, 1.54) is 0 Å². The van der Waals surface area contributed by atoms with Gasteiger partial charge >= 0.3 is 0 Å². The molecule has 0 aliphatic carbocycles. The van der Waals surface area contributed by atoms with Crippen LogP contribution in [0.15, 0.2) is 43.5 Å². The van der Waals surface area contributed by atoms with Crippen LogP contribution >= 0.6 is 11.6 Å². The first-order valence-corrected chi connectivity index (χ1v) is 2.98. The number of benzene rings is 1. The molecule has 0 heterocycles. The van der Waals surface area contributed by atoms with E-state index in [1.807, 2.05) is 30.3 Å². The maximum atomic E-state index is 5.54. The molecule has 0 saturated heterocycles. The highest BCUT2D eigenvalue weighted by molar-refractivity contribution is 6.30. The molecule has 0 amide bonds. The van der Waals surface area contributed by atoms with Crippen molar-refractivity contribution in [3.05, 3.63) is 48.5 Å². The van der Waals surface area contributed by atoms with Gasteiger partial charge in [-0.25, -0.2) is 0 Å². The van der Waals surface area contributed by atoms with Gasteiger partial charge in [0.1, 0.15) is 0 Å². The second kappa shape index (κ2) is 5.39. The van der Waals surface area contributed by atoms with Crippen molar-refractivity contribution in [2.24, 2.45) is 0 Å². The van der Waals surface area contributed by atoms with Gasteiger partial charge in [0.25, 0.3) is 0 Å². The molecule has 1 aromatic rings. The Morgan fingerprint density at radius 2 is 1.44 bits per heavy atom. The quantitative estimate of drug-likeness (QED) is 0.486. The van der Waals surface area contributed by atoms with E-state index in [0.717, 1.165) is 5.02 Å². The molecule has 0 bridgehead atoms. The third-order valence-corrected chi connectivity index (χ3v) is 0.985. The second-order valence-corrected chi connectivity index (χ2v) is 1.73. The minimum atomic E-state index is 0.794. The van der Waals surface area contributed by atoms with E-state index in [9.17, 15) is 0 Å². The van der Waals surface area contributed by atoms with Gasteiger partial charge in [0, 0.05) is 5.02 Å². The van der Waals surface area contributed by atoms with Crippen LogP contribution in [0.2, 0.25) is 5.02 Å². The molecule has 0 radical (unpaired) electrons. The maximum absolute atomic E-state index is 5.54. The molecule has 0 aromatic heterocycles. The van der Waals surface area contributed by atoms with Gasteiger partial charge < -0.3 is 0 Å². The summed E-state index contributed by atoms with van der Waals surface area (Å²) >= 11 is 5.54. The number of hydrogen-bond donors (Lipinski definition) is 0. The molecule has 0 N–H and O–H groups in total. The molecule has 0 aliphatic rings. The predicted octanol–water partition coefficient (Wildman–Crippen LogP) is 3.14. The van der Waals surface area contributed by atoms with Gasteiger partial charge in [0.2, 0.25) is 0 Å². The minimum Gasteiger partial charge on any atom is -0.106 e. The van der Waals surface area contributed by atoms with Gasteiger partial charge in [-0.1, -0.05) is 29.8 Å². The molecule has 9 heavy (non-hydrogen) atoms. The highest BCUT2D eigenvalue weighted by Gasteiger charge is 1.74. The molecule has 0 spiro atoms. The van der Waals surface area contributed by atoms with Crippen LogP contribution in [0.5, 0.6) is 0 Å². The van der Waals surface area contributed by atoms with Gasteiger partial charge in [-0.3, -0.25) is 0 Å². The largest absolute Gasteiger partial charge is 0.106 e. The van der Waals surface area contributed by atoms with Crippen LogP contribution in [-0.2, 0) is 0 Å². The van der Waals surface area contributed by atoms with Crippen LogP contribution in [0, 0.1) is 0 Å². The first-order chi connectivity index (χ1) is 4.39. The van der Waals surface area contributed by atoms with Crippen molar-refractivity contribution in [3.63, 3.8) is 0 Å². The summed E-state index contributed by atoms with van der Waals surface area (Å²) in [6, 6.07) is 9.44. The van der Waals surface area contributed by atoms with Gasteiger partial charge in [0.05, 0.1) is 0 Å². The summed E-state index contributed by atoms with van der Waals surface area (Å²) < 4.78 is 0. The molecule has 0 aliphatic heterocycles. The first kappa shape index (κ1) is 8.25. The molecular weight excluding hydrogens is 132 g/mol. The van der Waals surface area contributed by atoms with E-state index < -0.39 is 0 Å². The summed E-state index contributed by atoms with van der Waals surface area (Å²) in [6.07, 6.45) is 0. The van der Waals surface area contributed by atoms with E-state index in [4.69, 9.17) is 11.6 Å². The van der Waals surface area contributed by atoms with Crippen molar-refractivity contribution < 1.29 is 0 Å². The molecule has 0 saturated carbocycles. The summed E-state index contributed by atoms with van der Waals surface area (Å²) in [5.41, 5.74) is 0. The SMILES string of the molecule is C=C.Clc1ccccc1. The smallest absolute Gasteiger partial charge is 0.0405 e. The molecule has 0 atom stereocenters. The van der Waals surface area contributed by atoms with Crippen LogP contribution in [-0.4, -0.2) is 0 Å². The van der Waals surface area contributed by atoms with Gasteiger partial charge in [-0.15, -0.1) is 13.2 Å². The third kappa shape index (κ3) is 3.80. The summed E-state index contributed by atoms with van der Waals surface area (Å²) in [6.45, 7) is 6.00. The molecule has 1 rings (SSSR count). The zero-order valence-corrected chi connectivity index (χ0v) is 5.93. The lowest BCUT2D eigenvalue weighted by atomic mass is 10.4. The zero-order chi connectivity index (χ0) is 7.11. The van der Waals surface area contributed by atoms with Gasteiger partial charge in [-0.05, 0) is 12.1 Å². The van der Waals surface area contributed by atoms with Crippen LogP contribution < -0.4 is 0 Å². The van der Waals surface area contributed by atoms with E-state index in [1.54, 1.807) is 0 Å². The molecule has 0 fully saturated rings.